The van der Waals surface area contributed by atoms with Crippen LogP contribution in [0.4, 0.5) is 24.8 Å². The number of anilines is 2. The van der Waals surface area contributed by atoms with Gasteiger partial charge in [-0.05, 0) is 19.8 Å². The van der Waals surface area contributed by atoms with Crippen LogP contribution >= 0.6 is 0 Å². The van der Waals surface area contributed by atoms with E-state index in [1.54, 1.807) is 6.92 Å². The molecule has 1 rings (SSSR count). The second-order valence-electron chi connectivity index (χ2n) is 6.16. The van der Waals surface area contributed by atoms with Gasteiger partial charge in [-0.25, -0.2) is 9.97 Å². The number of nitrogens with zero attached hydrogens (tertiary/aromatic N) is 2. The van der Waals surface area contributed by atoms with Crippen molar-refractivity contribution in [3.63, 3.8) is 0 Å². The summed E-state index contributed by atoms with van der Waals surface area (Å²) in [5.41, 5.74) is 6.35. The summed E-state index contributed by atoms with van der Waals surface area (Å²) in [6.07, 6.45) is -4.32. The van der Waals surface area contributed by atoms with Gasteiger partial charge in [0.1, 0.15) is 17.5 Å². The van der Waals surface area contributed by atoms with E-state index in [-0.39, 0.29) is 11.8 Å². The van der Waals surface area contributed by atoms with E-state index in [1.807, 2.05) is 20.8 Å². The number of hydrogen-bond acceptors (Lipinski definition) is 4. The van der Waals surface area contributed by atoms with E-state index in [0.717, 1.165) is 5.56 Å². The molecule has 0 fully saturated rings. The average Bonchev–Trinajstić information content (AvgIpc) is 2.30. The highest BCUT2D eigenvalue weighted by atomic mass is 19.4. The van der Waals surface area contributed by atoms with E-state index in [1.165, 1.54) is 0 Å². The van der Waals surface area contributed by atoms with E-state index in [2.05, 4.69) is 15.3 Å². The predicted octanol–water partition coefficient (Wildman–Crippen LogP) is 3.81. The summed E-state index contributed by atoms with van der Waals surface area (Å²) in [5.74, 6) is 1.61. The SMILES string of the molecule is Cc1c(N)nc(C(C)(C)C)nc1NCCCCC(F)(F)F. The molecule has 1 aromatic rings. The van der Waals surface area contributed by atoms with E-state index < -0.39 is 12.6 Å². The summed E-state index contributed by atoms with van der Waals surface area (Å²) in [6, 6.07) is 0. The van der Waals surface area contributed by atoms with Crippen LogP contribution in [-0.4, -0.2) is 22.7 Å². The summed E-state index contributed by atoms with van der Waals surface area (Å²) >= 11 is 0. The lowest BCUT2D eigenvalue weighted by molar-refractivity contribution is -0.135. The van der Waals surface area contributed by atoms with Gasteiger partial charge in [0, 0.05) is 23.9 Å². The highest BCUT2D eigenvalue weighted by Crippen LogP contribution is 2.25. The zero-order valence-electron chi connectivity index (χ0n) is 12.9. The number of nitrogens with one attached hydrogen (secondary N) is 1. The van der Waals surface area contributed by atoms with Crippen LogP contribution in [0.2, 0.25) is 0 Å². The molecular formula is C14H23F3N4. The minimum atomic E-state index is -4.09. The maximum atomic E-state index is 12.0. The lowest BCUT2D eigenvalue weighted by Crippen LogP contribution is -2.19. The van der Waals surface area contributed by atoms with Gasteiger partial charge < -0.3 is 11.1 Å². The molecule has 0 atom stereocenters. The molecule has 120 valence electrons. The highest BCUT2D eigenvalue weighted by molar-refractivity contribution is 5.55. The molecule has 0 saturated heterocycles. The zero-order chi connectivity index (χ0) is 16.3. The van der Waals surface area contributed by atoms with Gasteiger partial charge in [0.05, 0.1) is 0 Å². The second-order valence-corrected chi connectivity index (χ2v) is 6.16. The number of rotatable bonds is 5. The van der Waals surface area contributed by atoms with Crippen LogP contribution in [0.15, 0.2) is 0 Å². The van der Waals surface area contributed by atoms with Crippen molar-refractivity contribution >= 4 is 11.6 Å². The van der Waals surface area contributed by atoms with Crippen LogP contribution in [0, 0.1) is 6.92 Å². The average molecular weight is 304 g/mol. The van der Waals surface area contributed by atoms with Crippen LogP contribution in [0.1, 0.15) is 51.4 Å². The van der Waals surface area contributed by atoms with E-state index in [0.29, 0.717) is 30.4 Å². The fraction of sp³-hybridized carbons (Fsp3) is 0.714. The molecule has 0 spiro atoms. The predicted molar refractivity (Wildman–Crippen MR) is 78.3 cm³/mol. The van der Waals surface area contributed by atoms with Gasteiger partial charge >= 0.3 is 6.18 Å². The van der Waals surface area contributed by atoms with Crippen LogP contribution < -0.4 is 11.1 Å². The van der Waals surface area contributed by atoms with Gasteiger partial charge in [0.2, 0.25) is 0 Å². The first-order chi connectivity index (χ1) is 9.50. The van der Waals surface area contributed by atoms with Crippen molar-refractivity contribution in [1.29, 1.82) is 0 Å². The van der Waals surface area contributed by atoms with Gasteiger partial charge in [0.15, 0.2) is 0 Å². The summed E-state index contributed by atoms with van der Waals surface area (Å²) in [5, 5.41) is 3.05. The van der Waals surface area contributed by atoms with Crippen molar-refractivity contribution in [1.82, 2.24) is 9.97 Å². The second kappa shape index (κ2) is 6.49. The van der Waals surface area contributed by atoms with Gasteiger partial charge in [-0.1, -0.05) is 20.8 Å². The molecule has 0 aliphatic carbocycles. The molecule has 4 nitrogen and oxygen atoms in total. The smallest absolute Gasteiger partial charge is 0.383 e. The molecule has 3 N–H and O–H groups in total. The highest BCUT2D eigenvalue weighted by Gasteiger charge is 2.25. The molecule has 0 radical (unpaired) electrons. The van der Waals surface area contributed by atoms with Crippen LogP contribution in [0.5, 0.6) is 0 Å². The first-order valence-electron chi connectivity index (χ1n) is 6.96. The number of alkyl halides is 3. The topological polar surface area (TPSA) is 63.8 Å². The third-order valence-electron chi connectivity index (χ3n) is 3.03. The van der Waals surface area contributed by atoms with Crippen molar-refractivity contribution in [3.05, 3.63) is 11.4 Å². The fourth-order valence-electron chi connectivity index (χ4n) is 1.70. The van der Waals surface area contributed by atoms with Crippen LogP contribution in [-0.2, 0) is 5.41 Å². The first kappa shape index (κ1) is 17.5. The number of nitrogen functional groups attached to an aromatic ring is 1. The Bertz CT molecular complexity index is 478. The molecule has 0 aromatic carbocycles. The first-order valence-corrected chi connectivity index (χ1v) is 6.96. The fourth-order valence-corrected chi connectivity index (χ4v) is 1.70. The van der Waals surface area contributed by atoms with Crippen LogP contribution in [0.3, 0.4) is 0 Å². The zero-order valence-corrected chi connectivity index (χ0v) is 12.9. The molecule has 21 heavy (non-hydrogen) atoms. The summed E-state index contributed by atoms with van der Waals surface area (Å²) < 4.78 is 36.1. The Labute approximate surface area is 123 Å². The lowest BCUT2D eigenvalue weighted by Gasteiger charge is -2.19. The molecular weight excluding hydrogens is 281 g/mol. The van der Waals surface area contributed by atoms with E-state index >= 15 is 0 Å². The third kappa shape index (κ3) is 5.77. The van der Waals surface area contributed by atoms with Crippen molar-refractivity contribution in [2.45, 2.75) is 58.5 Å². The number of nitrogens with two attached hydrogens (primary N) is 1. The Kier molecular flexibility index (Phi) is 5.42. The lowest BCUT2D eigenvalue weighted by atomic mass is 9.95. The Morgan fingerprint density at radius 3 is 2.24 bits per heavy atom. The van der Waals surface area contributed by atoms with Crippen molar-refractivity contribution in [2.75, 3.05) is 17.6 Å². The standard InChI is InChI=1S/C14H23F3N4/c1-9-10(18)20-12(13(2,3)4)21-11(9)19-8-6-5-7-14(15,16)17/h5-8H2,1-4H3,(H3,18,19,20,21). The minimum absolute atomic E-state index is 0.0994. The molecule has 7 heteroatoms. The number of hydrogen-bond donors (Lipinski definition) is 2. The van der Waals surface area contributed by atoms with Crippen LogP contribution in [0.25, 0.3) is 0 Å². The number of aromatic nitrogens is 2. The van der Waals surface area contributed by atoms with Crippen molar-refractivity contribution in [3.8, 4) is 0 Å². The maximum Gasteiger partial charge on any atom is 0.389 e. The Hall–Kier alpha value is -1.53. The summed E-state index contributed by atoms with van der Waals surface area (Å²) in [4.78, 5) is 8.69. The van der Waals surface area contributed by atoms with Gasteiger partial charge in [-0.2, -0.15) is 13.2 Å². The molecule has 1 aromatic heterocycles. The van der Waals surface area contributed by atoms with Gasteiger partial charge in [-0.15, -0.1) is 0 Å². The molecule has 0 amide bonds. The van der Waals surface area contributed by atoms with E-state index in [9.17, 15) is 13.2 Å². The molecule has 0 saturated carbocycles. The monoisotopic (exact) mass is 304 g/mol. The largest absolute Gasteiger partial charge is 0.389 e. The van der Waals surface area contributed by atoms with Crippen molar-refractivity contribution in [2.24, 2.45) is 0 Å². The van der Waals surface area contributed by atoms with Gasteiger partial charge in [0.25, 0.3) is 0 Å². The minimum Gasteiger partial charge on any atom is -0.383 e. The maximum absolute atomic E-state index is 12.0. The number of halogens is 3. The van der Waals surface area contributed by atoms with Crippen molar-refractivity contribution < 1.29 is 13.2 Å². The quantitative estimate of drug-likeness (QED) is 0.812. The third-order valence-corrected chi connectivity index (χ3v) is 3.03. The molecule has 0 aliphatic heterocycles. The Morgan fingerprint density at radius 2 is 1.71 bits per heavy atom. The van der Waals surface area contributed by atoms with E-state index in [4.69, 9.17) is 5.73 Å². The summed E-state index contributed by atoms with van der Waals surface area (Å²) in [6.45, 7) is 8.15. The normalized spacial score (nSPS) is 12.5. The molecule has 1 heterocycles. The molecule has 0 unspecified atom stereocenters. The Morgan fingerprint density at radius 1 is 1.10 bits per heavy atom. The van der Waals surface area contributed by atoms with Gasteiger partial charge in [-0.3, -0.25) is 0 Å². The molecule has 0 bridgehead atoms. The Balaban J connectivity index is 2.65. The number of unbranched alkanes of at least 4 members (excludes halogenated alkanes) is 1. The summed E-state index contributed by atoms with van der Waals surface area (Å²) in [7, 11) is 0. The molecule has 0 aliphatic rings.